The van der Waals surface area contributed by atoms with E-state index >= 15 is 0 Å². The van der Waals surface area contributed by atoms with Gasteiger partial charge in [-0.05, 0) is 25.2 Å². The molecule has 0 bridgehead atoms. The van der Waals surface area contributed by atoms with Gasteiger partial charge in [0.2, 0.25) is 10.0 Å². The van der Waals surface area contributed by atoms with Gasteiger partial charge in [0.15, 0.2) is 0 Å². The van der Waals surface area contributed by atoms with E-state index in [2.05, 4.69) is 10.3 Å². The molecule has 0 aliphatic rings. The second kappa shape index (κ2) is 8.60. The Morgan fingerprint density at radius 2 is 2.14 bits per heavy atom. The Morgan fingerprint density at radius 3 is 2.71 bits per heavy atom. The highest BCUT2D eigenvalue weighted by Gasteiger charge is 2.29. The third-order valence-corrected chi connectivity index (χ3v) is 6.01. The molecule has 0 aliphatic heterocycles. The first-order chi connectivity index (χ1) is 9.98. The van der Waals surface area contributed by atoms with E-state index in [4.69, 9.17) is 0 Å². The summed E-state index contributed by atoms with van der Waals surface area (Å²) in [6.07, 6.45) is 6.74. The zero-order valence-corrected chi connectivity index (χ0v) is 14.8. The lowest BCUT2D eigenvalue weighted by Crippen LogP contribution is -2.38. The molecule has 120 valence electrons. The normalized spacial score (nSPS) is 13.4. The van der Waals surface area contributed by atoms with Crippen LogP contribution in [-0.4, -0.2) is 49.3 Å². The molecule has 0 spiro atoms. The second-order valence-corrected chi connectivity index (χ2v) is 7.71. The summed E-state index contributed by atoms with van der Waals surface area (Å²) in [6.45, 7) is 4.78. The minimum absolute atomic E-state index is 0.00997. The maximum atomic E-state index is 12.8. The van der Waals surface area contributed by atoms with Gasteiger partial charge < -0.3 is 5.32 Å². The van der Waals surface area contributed by atoms with Crippen LogP contribution in [0.1, 0.15) is 26.7 Å². The van der Waals surface area contributed by atoms with E-state index in [0.717, 1.165) is 25.1 Å². The molecule has 1 rings (SSSR count). The highest BCUT2D eigenvalue weighted by molar-refractivity contribution is 7.98. The van der Waals surface area contributed by atoms with Crippen LogP contribution in [0.3, 0.4) is 0 Å². The molecule has 1 unspecified atom stereocenters. The van der Waals surface area contributed by atoms with Crippen molar-refractivity contribution in [1.82, 2.24) is 9.29 Å². The second-order valence-electron chi connectivity index (χ2n) is 4.84. The third kappa shape index (κ3) is 4.59. The van der Waals surface area contributed by atoms with Crippen molar-refractivity contribution in [2.75, 3.05) is 30.9 Å². The van der Waals surface area contributed by atoms with Crippen LogP contribution in [0.4, 0.5) is 5.69 Å². The molecular weight excluding hydrogens is 306 g/mol. The van der Waals surface area contributed by atoms with Crippen molar-refractivity contribution in [3.63, 3.8) is 0 Å². The fraction of sp³-hybridized carbons (Fsp3) is 0.643. The molecule has 7 heteroatoms. The summed E-state index contributed by atoms with van der Waals surface area (Å²) in [5.74, 6) is 0.782. The van der Waals surface area contributed by atoms with Gasteiger partial charge in [-0.2, -0.15) is 16.1 Å². The summed E-state index contributed by atoms with van der Waals surface area (Å²) in [6, 6.07) is 1.70. The van der Waals surface area contributed by atoms with Crippen LogP contribution in [0, 0.1) is 0 Å². The van der Waals surface area contributed by atoms with Crippen LogP contribution in [0.25, 0.3) is 0 Å². The van der Waals surface area contributed by atoms with E-state index in [-0.39, 0.29) is 10.9 Å². The van der Waals surface area contributed by atoms with Gasteiger partial charge in [-0.1, -0.05) is 13.8 Å². The van der Waals surface area contributed by atoms with Crippen LogP contribution >= 0.6 is 11.8 Å². The molecule has 0 aromatic carbocycles. The number of nitrogens with one attached hydrogen (secondary N) is 1. The number of sulfonamides is 1. The third-order valence-electron chi connectivity index (χ3n) is 3.35. The molecule has 0 fully saturated rings. The molecule has 0 amide bonds. The van der Waals surface area contributed by atoms with E-state index in [1.54, 1.807) is 31.1 Å². The number of pyridine rings is 1. The topological polar surface area (TPSA) is 62.3 Å². The largest absolute Gasteiger partial charge is 0.384 e. The molecule has 0 saturated heterocycles. The van der Waals surface area contributed by atoms with E-state index in [9.17, 15) is 8.42 Å². The van der Waals surface area contributed by atoms with Crippen molar-refractivity contribution in [3.8, 4) is 0 Å². The summed E-state index contributed by atoms with van der Waals surface area (Å²) in [7, 11) is -1.89. The molecule has 21 heavy (non-hydrogen) atoms. The minimum Gasteiger partial charge on any atom is -0.384 e. The molecule has 1 aromatic heterocycles. The van der Waals surface area contributed by atoms with Crippen molar-refractivity contribution in [3.05, 3.63) is 18.5 Å². The Hall–Kier alpha value is -0.790. The monoisotopic (exact) mass is 331 g/mol. The number of nitrogens with zero attached hydrogens (tertiary/aromatic N) is 2. The Kier molecular flexibility index (Phi) is 7.48. The lowest BCUT2D eigenvalue weighted by Gasteiger charge is -2.26. The summed E-state index contributed by atoms with van der Waals surface area (Å²) < 4.78 is 27.1. The zero-order chi connectivity index (χ0) is 15.9. The molecule has 1 N–H and O–H groups in total. The maximum Gasteiger partial charge on any atom is 0.246 e. The van der Waals surface area contributed by atoms with Gasteiger partial charge in [0.05, 0.1) is 5.69 Å². The quantitative estimate of drug-likeness (QED) is 0.754. The average molecular weight is 332 g/mol. The summed E-state index contributed by atoms with van der Waals surface area (Å²) in [5.41, 5.74) is 0.623. The van der Waals surface area contributed by atoms with Gasteiger partial charge in [0.1, 0.15) is 4.90 Å². The van der Waals surface area contributed by atoms with Crippen LogP contribution in [0.2, 0.25) is 0 Å². The Labute approximate surface area is 132 Å². The molecule has 1 atom stereocenters. The fourth-order valence-electron chi connectivity index (χ4n) is 2.01. The molecule has 1 heterocycles. The van der Waals surface area contributed by atoms with Gasteiger partial charge in [-0.15, -0.1) is 0 Å². The van der Waals surface area contributed by atoms with Crippen molar-refractivity contribution < 1.29 is 8.42 Å². The molecule has 0 aliphatic carbocycles. The van der Waals surface area contributed by atoms with Gasteiger partial charge in [0, 0.05) is 37.8 Å². The van der Waals surface area contributed by atoms with Gasteiger partial charge >= 0.3 is 0 Å². The van der Waals surface area contributed by atoms with E-state index in [1.807, 2.05) is 20.1 Å². The predicted octanol–water partition coefficient (Wildman–Crippen LogP) is 2.67. The summed E-state index contributed by atoms with van der Waals surface area (Å²) >= 11 is 1.65. The highest BCUT2D eigenvalue weighted by Crippen LogP contribution is 2.25. The van der Waals surface area contributed by atoms with Gasteiger partial charge in [0.25, 0.3) is 0 Å². The number of thioether (sulfide) groups is 1. The summed E-state index contributed by atoms with van der Waals surface area (Å²) in [4.78, 5) is 4.23. The first kappa shape index (κ1) is 18.3. The number of aromatic nitrogens is 1. The SMILES string of the molecule is CCCNc1ccncc1S(=O)(=O)N(C)C(CC)CSC. The first-order valence-electron chi connectivity index (χ1n) is 7.13. The maximum absolute atomic E-state index is 12.8. The van der Waals surface area contributed by atoms with Crippen molar-refractivity contribution in [2.24, 2.45) is 0 Å². The van der Waals surface area contributed by atoms with Crippen molar-refractivity contribution in [2.45, 2.75) is 37.6 Å². The lowest BCUT2D eigenvalue weighted by molar-refractivity contribution is 0.385. The van der Waals surface area contributed by atoms with Crippen molar-refractivity contribution >= 4 is 27.5 Å². The molecule has 5 nitrogen and oxygen atoms in total. The van der Waals surface area contributed by atoms with Crippen LogP contribution in [0.5, 0.6) is 0 Å². The summed E-state index contributed by atoms with van der Waals surface area (Å²) in [5, 5.41) is 3.16. The number of anilines is 1. The van der Waals surface area contributed by atoms with Gasteiger partial charge in [-0.3, -0.25) is 4.98 Å². The first-order valence-corrected chi connectivity index (χ1v) is 9.97. The molecule has 1 aromatic rings. The number of rotatable bonds is 9. The zero-order valence-electron chi connectivity index (χ0n) is 13.2. The van der Waals surface area contributed by atoms with Crippen LogP contribution < -0.4 is 5.32 Å². The van der Waals surface area contributed by atoms with Crippen LogP contribution in [0.15, 0.2) is 23.4 Å². The number of hydrogen-bond acceptors (Lipinski definition) is 5. The molecule has 0 saturated carbocycles. The molecule has 0 radical (unpaired) electrons. The van der Waals surface area contributed by atoms with Gasteiger partial charge in [-0.25, -0.2) is 8.42 Å². The van der Waals surface area contributed by atoms with E-state index in [0.29, 0.717) is 5.69 Å². The fourth-order valence-corrected chi connectivity index (χ4v) is 4.49. The Bertz CT molecular complexity index is 535. The highest BCUT2D eigenvalue weighted by atomic mass is 32.2. The Morgan fingerprint density at radius 1 is 1.43 bits per heavy atom. The number of hydrogen-bond donors (Lipinski definition) is 1. The molecular formula is C14H25N3O2S2. The predicted molar refractivity (Wildman–Crippen MR) is 90.4 cm³/mol. The lowest BCUT2D eigenvalue weighted by atomic mass is 10.3. The standard InChI is InChI=1S/C14H25N3O2S2/c1-5-8-16-13-7-9-15-10-14(13)21(18,19)17(3)12(6-2)11-20-4/h7,9-10,12H,5-6,8,11H2,1-4H3,(H,15,16). The van der Waals surface area contributed by atoms with Crippen molar-refractivity contribution in [1.29, 1.82) is 0 Å². The Balaban J connectivity index is 3.12. The van der Waals surface area contributed by atoms with E-state index < -0.39 is 10.0 Å². The minimum atomic E-state index is -3.54. The van der Waals surface area contributed by atoms with Crippen LogP contribution in [-0.2, 0) is 10.0 Å². The smallest absolute Gasteiger partial charge is 0.246 e. The van der Waals surface area contributed by atoms with E-state index in [1.165, 1.54) is 10.5 Å². The average Bonchev–Trinajstić information content (AvgIpc) is 2.50.